The van der Waals surface area contributed by atoms with E-state index in [0.717, 1.165) is 6.21 Å². The van der Waals surface area contributed by atoms with Gasteiger partial charge in [-0.05, 0) is 12.1 Å². The van der Waals surface area contributed by atoms with Crippen molar-refractivity contribution in [1.82, 2.24) is 0 Å². The van der Waals surface area contributed by atoms with Gasteiger partial charge in [-0.1, -0.05) is 6.07 Å². The highest BCUT2D eigenvalue weighted by Gasteiger charge is 2.31. The van der Waals surface area contributed by atoms with Gasteiger partial charge in [0.15, 0.2) is 5.75 Å². The van der Waals surface area contributed by atoms with E-state index in [0.29, 0.717) is 5.56 Å². The summed E-state index contributed by atoms with van der Waals surface area (Å²) >= 11 is 0. The zero-order valence-electron chi connectivity index (χ0n) is 6.75. The van der Waals surface area contributed by atoms with Gasteiger partial charge in [-0.2, -0.15) is 4.79 Å². The van der Waals surface area contributed by atoms with Crippen LogP contribution in [0.5, 0.6) is 11.5 Å². The van der Waals surface area contributed by atoms with E-state index in [2.05, 4.69) is 13.2 Å². The van der Waals surface area contributed by atoms with Gasteiger partial charge in [0.2, 0.25) is 5.75 Å². The summed E-state index contributed by atoms with van der Waals surface area (Å²) in [7, 11) is -3.99. The minimum absolute atomic E-state index is 0.0327. The van der Waals surface area contributed by atoms with Gasteiger partial charge in [-0.3, -0.25) is 0 Å². The van der Waals surface area contributed by atoms with Gasteiger partial charge in [0.1, 0.15) is 5.56 Å². The van der Waals surface area contributed by atoms with Crippen LogP contribution in [0.2, 0.25) is 0 Å². The van der Waals surface area contributed by atoms with E-state index < -0.39 is 10.4 Å². The summed E-state index contributed by atoms with van der Waals surface area (Å²) in [5, 5.41) is 0. The molecule has 0 unspecified atom stereocenters. The minimum Gasteiger partial charge on any atom is -0.361 e. The van der Waals surface area contributed by atoms with Crippen LogP contribution in [-0.2, 0) is 10.4 Å². The molecule has 1 aromatic carbocycles. The molecule has 0 amide bonds. The van der Waals surface area contributed by atoms with E-state index in [4.69, 9.17) is 5.53 Å². The fourth-order valence-electron chi connectivity index (χ4n) is 1.08. The van der Waals surface area contributed by atoms with Crippen molar-refractivity contribution < 1.29 is 21.6 Å². The Kier molecular flexibility index (Phi) is 1.77. The van der Waals surface area contributed by atoms with Crippen molar-refractivity contribution in [3.63, 3.8) is 0 Å². The molecule has 0 saturated heterocycles. The lowest BCUT2D eigenvalue weighted by molar-refractivity contribution is 0.00449. The van der Waals surface area contributed by atoms with E-state index >= 15 is 0 Å². The predicted octanol–water partition coefficient (Wildman–Crippen LogP) is 0.351. The first-order valence-electron chi connectivity index (χ1n) is 3.57. The van der Waals surface area contributed by atoms with Crippen LogP contribution in [0.3, 0.4) is 0 Å². The highest BCUT2D eigenvalue weighted by atomic mass is 32.3. The SMILES string of the molecule is [N-]=[N+]=Cc1cccc2c1OS(=O)(=O)O2. The molecule has 2 rings (SSSR count). The van der Waals surface area contributed by atoms with Crippen LogP contribution < -0.4 is 8.37 Å². The van der Waals surface area contributed by atoms with Crippen LogP contribution in [0.15, 0.2) is 18.2 Å². The largest absolute Gasteiger partial charge is 0.501 e. The molecule has 72 valence electrons. The van der Waals surface area contributed by atoms with Crippen LogP contribution in [0.4, 0.5) is 0 Å². The Morgan fingerprint density at radius 3 is 2.86 bits per heavy atom. The number of hydrogen-bond donors (Lipinski definition) is 0. The number of para-hydroxylation sites is 1. The number of fused-ring (bicyclic) bond motifs is 1. The lowest BCUT2D eigenvalue weighted by Gasteiger charge is -1.92. The predicted molar refractivity (Wildman–Crippen MR) is 45.4 cm³/mol. The average Bonchev–Trinajstić information content (AvgIpc) is 2.41. The summed E-state index contributed by atoms with van der Waals surface area (Å²) in [5.74, 6) is 0.118. The Bertz CT molecular complexity index is 531. The number of rotatable bonds is 1. The van der Waals surface area contributed by atoms with Gasteiger partial charge in [-0.15, -0.1) is 8.42 Å². The molecular weight excluding hydrogens is 208 g/mol. The zero-order valence-corrected chi connectivity index (χ0v) is 7.56. The van der Waals surface area contributed by atoms with Crippen molar-refractivity contribution in [2.24, 2.45) is 0 Å². The number of hydrogen-bond acceptors (Lipinski definition) is 4. The Hall–Kier alpha value is -1.85. The normalized spacial score (nSPS) is 16.0. The van der Waals surface area contributed by atoms with Crippen LogP contribution >= 0.6 is 0 Å². The molecule has 0 fully saturated rings. The van der Waals surface area contributed by atoms with Gasteiger partial charge in [-0.25, -0.2) is 0 Å². The summed E-state index contributed by atoms with van der Waals surface area (Å²) in [6.07, 6.45) is 1.06. The maximum Gasteiger partial charge on any atom is 0.501 e. The standard InChI is InChI=1S/C7H4N2O4S/c8-9-4-5-2-1-3-6-7(5)13-14(10,11)12-6/h1-4H. The maximum absolute atomic E-state index is 10.9. The lowest BCUT2D eigenvalue weighted by atomic mass is 10.2. The summed E-state index contributed by atoms with van der Waals surface area (Å²) in [6.45, 7) is 0. The minimum atomic E-state index is -3.99. The van der Waals surface area contributed by atoms with Gasteiger partial charge in [0.05, 0.1) is 0 Å². The first kappa shape index (κ1) is 8.74. The summed E-state index contributed by atoms with van der Waals surface area (Å²) in [4.78, 5) is 2.78. The Morgan fingerprint density at radius 2 is 2.14 bits per heavy atom. The van der Waals surface area contributed by atoms with E-state index in [9.17, 15) is 8.42 Å². The maximum atomic E-state index is 10.9. The molecule has 1 aromatic rings. The van der Waals surface area contributed by atoms with Gasteiger partial charge in [0, 0.05) is 0 Å². The smallest absolute Gasteiger partial charge is 0.361 e. The third-order valence-corrected chi connectivity index (χ3v) is 2.34. The number of benzene rings is 1. The van der Waals surface area contributed by atoms with Crippen molar-refractivity contribution in [2.75, 3.05) is 0 Å². The van der Waals surface area contributed by atoms with E-state index in [-0.39, 0.29) is 11.5 Å². The molecule has 0 aliphatic carbocycles. The van der Waals surface area contributed by atoms with Gasteiger partial charge >= 0.3 is 10.4 Å². The van der Waals surface area contributed by atoms with Crippen LogP contribution in [-0.4, -0.2) is 19.4 Å². The van der Waals surface area contributed by atoms with Crippen molar-refractivity contribution in [3.05, 3.63) is 29.3 Å². The lowest BCUT2D eigenvalue weighted by Crippen LogP contribution is -2.08. The van der Waals surface area contributed by atoms with Gasteiger partial charge in [0.25, 0.3) is 6.21 Å². The van der Waals surface area contributed by atoms with Crippen molar-refractivity contribution in [1.29, 1.82) is 0 Å². The highest BCUT2D eigenvalue weighted by molar-refractivity contribution is 7.82. The molecule has 7 heteroatoms. The third-order valence-electron chi connectivity index (χ3n) is 1.58. The molecule has 0 radical (unpaired) electrons. The van der Waals surface area contributed by atoms with Crippen LogP contribution in [0.25, 0.3) is 5.53 Å². The second-order valence-electron chi connectivity index (χ2n) is 2.49. The first-order valence-corrected chi connectivity index (χ1v) is 4.90. The molecular formula is C7H4N2O4S. The average molecular weight is 212 g/mol. The monoisotopic (exact) mass is 212 g/mol. The molecule has 14 heavy (non-hydrogen) atoms. The molecule has 6 nitrogen and oxygen atoms in total. The fraction of sp³-hybridized carbons (Fsp3) is 0. The van der Waals surface area contributed by atoms with Crippen LogP contribution in [0, 0.1) is 0 Å². The summed E-state index contributed by atoms with van der Waals surface area (Å²) in [6, 6.07) is 4.53. The van der Waals surface area contributed by atoms with Crippen molar-refractivity contribution in [3.8, 4) is 11.5 Å². The Balaban J connectivity index is 2.62. The molecule has 1 aliphatic heterocycles. The van der Waals surface area contributed by atoms with E-state index in [1.807, 2.05) is 0 Å². The fourth-order valence-corrected chi connectivity index (χ4v) is 1.85. The first-order chi connectivity index (χ1) is 6.62. The second kappa shape index (κ2) is 2.83. The van der Waals surface area contributed by atoms with Crippen molar-refractivity contribution >= 4 is 16.6 Å². The summed E-state index contributed by atoms with van der Waals surface area (Å²) < 4.78 is 30.8. The van der Waals surface area contributed by atoms with Crippen molar-refractivity contribution in [2.45, 2.75) is 0 Å². The topological polar surface area (TPSA) is 89.0 Å². The Labute approximate surface area is 79.6 Å². The molecule has 0 N–H and O–H groups in total. The molecule has 0 aromatic heterocycles. The molecule has 0 atom stereocenters. The quantitative estimate of drug-likeness (QED) is 0.381. The molecule has 0 spiro atoms. The molecule has 0 bridgehead atoms. The molecule has 1 aliphatic rings. The molecule has 1 heterocycles. The Morgan fingerprint density at radius 1 is 1.36 bits per heavy atom. The van der Waals surface area contributed by atoms with Crippen LogP contribution in [0.1, 0.15) is 5.56 Å². The third kappa shape index (κ3) is 1.34. The summed E-state index contributed by atoms with van der Waals surface area (Å²) in [5.41, 5.74) is 8.63. The zero-order chi connectivity index (χ0) is 10.2. The van der Waals surface area contributed by atoms with E-state index in [1.54, 1.807) is 6.07 Å². The molecule has 0 saturated carbocycles. The van der Waals surface area contributed by atoms with E-state index in [1.165, 1.54) is 12.1 Å². The number of nitrogens with zero attached hydrogens (tertiary/aromatic N) is 2. The highest BCUT2D eigenvalue weighted by Crippen LogP contribution is 2.37. The van der Waals surface area contributed by atoms with Gasteiger partial charge < -0.3 is 13.9 Å². The second-order valence-corrected chi connectivity index (χ2v) is 3.64.